The Hall–Kier alpha value is -3.21. The molecule has 1 unspecified atom stereocenters. The van der Waals surface area contributed by atoms with Crippen LogP contribution in [0.5, 0.6) is 0 Å². The molecule has 0 spiro atoms. The van der Waals surface area contributed by atoms with Crippen molar-refractivity contribution in [2.45, 2.75) is 32.9 Å². The molecule has 1 aliphatic rings. The van der Waals surface area contributed by atoms with Crippen LogP contribution in [-0.2, 0) is 11.3 Å². The summed E-state index contributed by atoms with van der Waals surface area (Å²) in [6.07, 6.45) is 0.623. The van der Waals surface area contributed by atoms with E-state index in [1.54, 1.807) is 6.07 Å². The number of nitrogens with one attached hydrogen (secondary N) is 1. The average molecular weight is 373 g/mol. The van der Waals surface area contributed by atoms with Crippen LogP contribution in [-0.4, -0.2) is 34.3 Å². The van der Waals surface area contributed by atoms with Gasteiger partial charge in [0.1, 0.15) is 6.04 Å². The number of likely N-dealkylation sites (tertiary alicyclic amines) is 1. The number of amides is 2. The van der Waals surface area contributed by atoms with Gasteiger partial charge in [0.25, 0.3) is 5.91 Å². The summed E-state index contributed by atoms with van der Waals surface area (Å²) < 4.78 is 0. The Morgan fingerprint density at radius 2 is 1.89 bits per heavy atom. The molecule has 0 radical (unpaired) electrons. The smallest absolute Gasteiger partial charge is 0.252 e. The Morgan fingerprint density at radius 3 is 2.68 bits per heavy atom. The Labute approximate surface area is 164 Å². The number of carbonyl (C=O) groups is 2. The summed E-state index contributed by atoms with van der Waals surface area (Å²) in [6, 6.07) is 17.0. The molecule has 0 aliphatic carbocycles. The second-order valence-corrected chi connectivity index (χ2v) is 7.39. The normalized spacial score (nSPS) is 16.6. The third-order valence-corrected chi connectivity index (χ3v) is 5.19. The number of para-hydroxylation sites is 1. The van der Waals surface area contributed by atoms with Crippen LogP contribution in [0.4, 0.5) is 0 Å². The van der Waals surface area contributed by atoms with Gasteiger partial charge in [-0.15, -0.1) is 0 Å². The fraction of sp³-hybridized carbons (Fsp3) is 0.261. The second kappa shape index (κ2) is 7.43. The van der Waals surface area contributed by atoms with E-state index < -0.39 is 6.04 Å². The van der Waals surface area contributed by atoms with Crippen LogP contribution in [0.3, 0.4) is 0 Å². The standard InChI is InChI=1S/C23H23N3O2/c1-15-7-9-17(10-8-15)14-26-12-11-21(23(26)28)25-22(27)19-13-16(2)24-20-6-4-3-5-18(19)20/h3-10,13,21H,11-12,14H2,1-2H3,(H,25,27). The molecular formula is C23H23N3O2. The Bertz CT molecular complexity index is 1040. The highest BCUT2D eigenvalue weighted by Crippen LogP contribution is 2.20. The number of benzene rings is 2. The van der Waals surface area contributed by atoms with E-state index >= 15 is 0 Å². The van der Waals surface area contributed by atoms with Crippen molar-refractivity contribution in [3.63, 3.8) is 0 Å². The van der Waals surface area contributed by atoms with Gasteiger partial charge in [-0.1, -0.05) is 48.0 Å². The predicted molar refractivity (Wildman–Crippen MR) is 109 cm³/mol. The molecule has 2 heterocycles. The van der Waals surface area contributed by atoms with Gasteiger partial charge in [-0.2, -0.15) is 0 Å². The molecule has 3 aromatic rings. The largest absolute Gasteiger partial charge is 0.340 e. The van der Waals surface area contributed by atoms with Crippen LogP contribution < -0.4 is 5.32 Å². The van der Waals surface area contributed by atoms with Gasteiger partial charge in [-0.25, -0.2) is 0 Å². The van der Waals surface area contributed by atoms with Gasteiger partial charge in [-0.05, 0) is 38.0 Å². The fourth-order valence-electron chi connectivity index (χ4n) is 3.68. The summed E-state index contributed by atoms with van der Waals surface area (Å²) in [5.74, 6) is -0.249. The van der Waals surface area contributed by atoms with Gasteiger partial charge in [0.15, 0.2) is 0 Å². The van der Waals surface area contributed by atoms with Crippen molar-refractivity contribution in [1.82, 2.24) is 15.2 Å². The molecule has 1 fully saturated rings. The molecular weight excluding hydrogens is 350 g/mol. The SMILES string of the molecule is Cc1ccc(CN2CCC(NC(=O)c3cc(C)nc4ccccc34)C2=O)cc1. The van der Waals surface area contributed by atoms with Crippen LogP contribution in [0.2, 0.25) is 0 Å². The summed E-state index contributed by atoms with van der Waals surface area (Å²) >= 11 is 0. The van der Waals surface area contributed by atoms with Gasteiger partial charge < -0.3 is 10.2 Å². The molecule has 4 rings (SSSR count). The van der Waals surface area contributed by atoms with Gasteiger partial charge in [0.2, 0.25) is 5.91 Å². The molecule has 5 heteroatoms. The minimum Gasteiger partial charge on any atom is -0.340 e. The number of hydrogen-bond acceptors (Lipinski definition) is 3. The van der Waals surface area contributed by atoms with E-state index in [1.165, 1.54) is 5.56 Å². The monoisotopic (exact) mass is 373 g/mol. The maximum Gasteiger partial charge on any atom is 0.252 e. The van der Waals surface area contributed by atoms with E-state index in [1.807, 2.05) is 67.3 Å². The summed E-state index contributed by atoms with van der Waals surface area (Å²) in [4.78, 5) is 32.0. The molecule has 1 aromatic heterocycles. The number of rotatable bonds is 4. The molecule has 1 aliphatic heterocycles. The van der Waals surface area contributed by atoms with E-state index in [9.17, 15) is 9.59 Å². The summed E-state index contributed by atoms with van der Waals surface area (Å²) in [5, 5.41) is 3.73. The summed E-state index contributed by atoms with van der Waals surface area (Å²) in [5.41, 5.74) is 4.42. The van der Waals surface area contributed by atoms with Crippen LogP contribution in [0.1, 0.15) is 33.6 Å². The minimum absolute atomic E-state index is 0.0241. The molecule has 2 aromatic carbocycles. The van der Waals surface area contributed by atoms with E-state index in [-0.39, 0.29) is 11.8 Å². The van der Waals surface area contributed by atoms with E-state index in [0.29, 0.717) is 25.1 Å². The maximum atomic E-state index is 12.9. The number of hydrogen-bond donors (Lipinski definition) is 1. The lowest BCUT2D eigenvalue weighted by molar-refractivity contribution is -0.129. The molecule has 142 valence electrons. The van der Waals surface area contributed by atoms with Crippen molar-refractivity contribution in [2.24, 2.45) is 0 Å². The van der Waals surface area contributed by atoms with E-state index in [4.69, 9.17) is 0 Å². The van der Waals surface area contributed by atoms with E-state index in [0.717, 1.165) is 22.2 Å². The lowest BCUT2D eigenvalue weighted by Crippen LogP contribution is -2.41. The second-order valence-electron chi connectivity index (χ2n) is 7.39. The fourth-order valence-corrected chi connectivity index (χ4v) is 3.68. The third kappa shape index (κ3) is 3.60. The van der Waals surface area contributed by atoms with Crippen molar-refractivity contribution < 1.29 is 9.59 Å². The number of fused-ring (bicyclic) bond motifs is 1. The summed E-state index contributed by atoms with van der Waals surface area (Å²) in [7, 11) is 0. The van der Waals surface area contributed by atoms with Gasteiger partial charge in [0.05, 0.1) is 11.1 Å². The van der Waals surface area contributed by atoms with Crippen LogP contribution >= 0.6 is 0 Å². The first-order chi connectivity index (χ1) is 13.5. The van der Waals surface area contributed by atoms with Crippen molar-refractivity contribution in [1.29, 1.82) is 0 Å². The molecule has 1 saturated heterocycles. The zero-order chi connectivity index (χ0) is 19.7. The number of carbonyl (C=O) groups excluding carboxylic acids is 2. The molecule has 28 heavy (non-hydrogen) atoms. The quantitative estimate of drug-likeness (QED) is 0.763. The minimum atomic E-state index is -0.481. The van der Waals surface area contributed by atoms with Gasteiger partial charge in [-0.3, -0.25) is 14.6 Å². The topological polar surface area (TPSA) is 62.3 Å². The molecule has 0 bridgehead atoms. The Morgan fingerprint density at radius 1 is 1.14 bits per heavy atom. The molecule has 1 atom stereocenters. The Balaban J connectivity index is 1.48. The van der Waals surface area contributed by atoms with Gasteiger partial charge >= 0.3 is 0 Å². The van der Waals surface area contributed by atoms with Crippen LogP contribution in [0.15, 0.2) is 54.6 Å². The number of aromatic nitrogens is 1. The molecule has 2 amide bonds. The molecule has 1 N–H and O–H groups in total. The maximum absolute atomic E-state index is 12.9. The van der Waals surface area contributed by atoms with Crippen molar-refractivity contribution in [3.05, 3.63) is 77.0 Å². The first kappa shape index (κ1) is 18.2. The first-order valence-electron chi connectivity index (χ1n) is 9.53. The Kier molecular flexibility index (Phi) is 4.82. The summed E-state index contributed by atoms with van der Waals surface area (Å²) in [6.45, 7) is 5.13. The average Bonchev–Trinajstić information content (AvgIpc) is 3.02. The molecule has 0 saturated carbocycles. The third-order valence-electron chi connectivity index (χ3n) is 5.19. The molecule has 5 nitrogen and oxygen atoms in total. The highest BCUT2D eigenvalue weighted by Gasteiger charge is 2.33. The highest BCUT2D eigenvalue weighted by molar-refractivity contribution is 6.07. The highest BCUT2D eigenvalue weighted by atomic mass is 16.2. The van der Waals surface area contributed by atoms with Crippen molar-refractivity contribution in [2.75, 3.05) is 6.54 Å². The zero-order valence-corrected chi connectivity index (χ0v) is 16.1. The number of pyridine rings is 1. The lowest BCUT2D eigenvalue weighted by atomic mass is 10.1. The lowest BCUT2D eigenvalue weighted by Gasteiger charge is -2.18. The number of nitrogens with zero attached hydrogens (tertiary/aromatic N) is 2. The predicted octanol–water partition coefficient (Wildman–Crippen LogP) is 3.38. The van der Waals surface area contributed by atoms with Crippen LogP contribution in [0.25, 0.3) is 10.9 Å². The zero-order valence-electron chi connectivity index (χ0n) is 16.1. The van der Waals surface area contributed by atoms with Crippen molar-refractivity contribution >= 4 is 22.7 Å². The van der Waals surface area contributed by atoms with Gasteiger partial charge in [0, 0.05) is 24.2 Å². The van der Waals surface area contributed by atoms with Crippen molar-refractivity contribution in [3.8, 4) is 0 Å². The first-order valence-corrected chi connectivity index (χ1v) is 9.53. The number of aryl methyl sites for hydroxylation is 2. The van der Waals surface area contributed by atoms with Crippen LogP contribution in [0, 0.1) is 13.8 Å². The van der Waals surface area contributed by atoms with E-state index in [2.05, 4.69) is 10.3 Å².